The molecule has 0 aliphatic carbocycles. The van der Waals surface area contributed by atoms with Gasteiger partial charge >= 0.3 is 0 Å². The molecule has 0 spiro atoms. The molecule has 7 heteroatoms. The van der Waals surface area contributed by atoms with Crippen molar-refractivity contribution < 1.29 is 9.59 Å². The minimum atomic E-state index is -0.323. The SMILES string of the molecule is NC(=O)[C@@H]1CCCN(C(=O)CSc2ncccn2)C1. The van der Waals surface area contributed by atoms with E-state index in [0.717, 1.165) is 12.8 Å². The maximum absolute atomic E-state index is 12.0. The third kappa shape index (κ3) is 3.92. The second-order valence-electron chi connectivity index (χ2n) is 4.40. The fourth-order valence-corrected chi connectivity index (χ4v) is 2.72. The number of nitrogens with two attached hydrogens (primary N) is 1. The van der Waals surface area contributed by atoms with Crippen LogP contribution in [0.2, 0.25) is 0 Å². The number of primary amides is 1. The fraction of sp³-hybridized carbons (Fsp3) is 0.500. The van der Waals surface area contributed by atoms with Gasteiger partial charge in [-0.15, -0.1) is 0 Å². The molecule has 0 bridgehead atoms. The van der Waals surface area contributed by atoms with E-state index in [1.165, 1.54) is 11.8 Å². The van der Waals surface area contributed by atoms with Crippen LogP contribution in [0.1, 0.15) is 12.8 Å². The largest absolute Gasteiger partial charge is 0.369 e. The number of aromatic nitrogens is 2. The number of likely N-dealkylation sites (tertiary alicyclic amines) is 1. The Bertz CT molecular complexity index is 454. The molecule has 2 heterocycles. The van der Waals surface area contributed by atoms with Crippen LogP contribution < -0.4 is 5.73 Å². The van der Waals surface area contributed by atoms with Crippen molar-refractivity contribution in [2.75, 3.05) is 18.8 Å². The number of carbonyl (C=O) groups is 2. The molecule has 0 saturated carbocycles. The number of hydrogen-bond donors (Lipinski definition) is 1. The Hall–Kier alpha value is -1.63. The van der Waals surface area contributed by atoms with Gasteiger partial charge in [0.05, 0.1) is 11.7 Å². The normalized spacial score (nSPS) is 19.2. The summed E-state index contributed by atoms with van der Waals surface area (Å²) in [6, 6.07) is 1.73. The van der Waals surface area contributed by atoms with Crippen LogP contribution in [-0.4, -0.2) is 45.5 Å². The van der Waals surface area contributed by atoms with E-state index in [1.807, 2.05) is 0 Å². The zero-order chi connectivity index (χ0) is 13.7. The Labute approximate surface area is 115 Å². The van der Waals surface area contributed by atoms with Gasteiger partial charge in [-0.05, 0) is 18.9 Å². The summed E-state index contributed by atoms with van der Waals surface area (Å²) in [6.45, 7) is 1.13. The number of nitrogens with zero attached hydrogens (tertiary/aromatic N) is 3. The van der Waals surface area contributed by atoms with Crippen molar-refractivity contribution in [3.05, 3.63) is 18.5 Å². The lowest BCUT2D eigenvalue weighted by Crippen LogP contribution is -2.44. The molecule has 1 aromatic heterocycles. The zero-order valence-electron chi connectivity index (χ0n) is 10.5. The first kappa shape index (κ1) is 13.8. The van der Waals surface area contributed by atoms with Crippen LogP contribution in [0.4, 0.5) is 0 Å². The lowest BCUT2D eigenvalue weighted by molar-refractivity contribution is -0.132. The molecule has 1 aliphatic rings. The topological polar surface area (TPSA) is 89.2 Å². The minimum Gasteiger partial charge on any atom is -0.369 e. The van der Waals surface area contributed by atoms with Crippen molar-refractivity contribution in [3.8, 4) is 0 Å². The highest BCUT2D eigenvalue weighted by Gasteiger charge is 2.26. The second kappa shape index (κ2) is 6.51. The van der Waals surface area contributed by atoms with Gasteiger partial charge < -0.3 is 10.6 Å². The predicted octanol–water partition coefficient (Wildman–Crippen LogP) is 0.293. The molecule has 1 saturated heterocycles. The van der Waals surface area contributed by atoms with Gasteiger partial charge in [-0.2, -0.15) is 0 Å². The highest BCUT2D eigenvalue weighted by molar-refractivity contribution is 7.99. The predicted molar refractivity (Wildman–Crippen MR) is 71.3 cm³/mol. The van der Waals surface area contributed by atoms with E-state index >= 15 is 0 Å². The van der Waals surface area contributed by atoms with Crippen LogP contribution >= 0.6 is 11.8 Å². The maximum atomic E-state index is 12.0. The Balaban J connectivity index is 1.84. The summed E-state index contributed by atoms with van der Waals surface area (Å²) in [4.78, 5) is 33.0. The summed E-state index contributed by atoms with van der Waals surface area (Å²) < 4.78 is 0. The van der Waals surface area contributed by atoms with Crippen molar-refractivity contribution in [1.82, 2.24) is 14.9 Å². The van der Waals surface area contributed by atoms with Gasteiger partial charge in [0.15, 0.2) is 5.16 Å². The van der Waals surface area contributed by atoms with Crippen LogP contribution in [0, 0.1) is 5.92 Å². The van der Waals surface area contributed by atoms with Gasteiger partial charge in [-0.1, -0.05) is 11.8 Å². The smallest absolute Gasteiger partial charge is 0.233 e. The zero-order valence-corrected chi connectivity index (χ0v) is 11.3. The maximum Gasteiger partial charge on any atom is 0.233 e. The van der Waals surface area contributed by atoms with Crippen molar-refractivity contribution >= 4 is 23.6 Å². The van der Waals surface area contributed by atoms with E-state index in [-0.39, 0.29) is 23.5 Å². The molecule has 1 atom stereocenters. The highest BCUT2D eigenvalue weighted by atomic mass is 32.2. The van der Waals surface area contributed by atoms with Crippen LogP contribution in [0.25, 0.3) is 0 Å². The average Bonchev–Trinajstić information content (AvgIpc) is 2.46. The van der Waals surface area contributed by atoms with Gasteiger partial charge in [-0.25, -0.2) is 9.97 Å². The number of amides is 2. The molecule has 6 nitrogen and oxygen atoms in total. The van der Waals surface area contributed by atoms with Gasteiger partial charge in [-0.3, -0.25) is 9.59 Å². The molecule has 0 aromatic carbocycles. The van der Waals surface area contributed by atoms with Crippen LogP contribution in [0.15, 0.2) is 23.6 Å². The van der Waals surface area contributed by atoms with Crippen LogP contribution in [0.5, 0.6) is 0 Å². The van der Waals surface area contributed by atoms with Crippen molar-refractivity contribution in [1.29, 1.82) is 0 Å². The molecule has 1 fully saturated rings. The van der Waals surface area contributed by atoms with Gasteiger partial charge in [0.25, 0.3) is 0 Å². The number of carbonyl (C=O) groups excluding carboxylic acids is 2. The molecule has 2 amide bonds. The molecular weight excluding hydrogens is 264 g/mol. The molecule has 19 heavy (non-hydrogen) atoms. The molecular formula is C12H16N4O2S. The van der Waals surface area contributed by atoms with Crippen molar-refractivity contribution in [2.45, 2.75) is 18.0 Å². The average molecular weight is 280 g/mol. The summed E-state index contributed by atoms with van der Waals surface area (Å²) in [5, 5.41) is 0.583. The number of rotatable bonds is 4. The number of hydrogen-bond acceptors (Lipinski definition) is 5. The minimum absolute atomic E-state index is 0.00315. The third-order valence-corrected chi connectivity index (χ3v) is 3.90. The first-order chi connectivity index (χ1) is 9.16. The summed E-state index contributed by atoms with van der Waals surface area (Å²) in [7, 11) is 0. The summed E-state index contributed by atoms with van der Waals surface area (Å²) in [5.74, 6) is -0.245. The quantitative estimate of drug-likeness (QED) is 0.632. The van der Waals surface area contributed by atoms with Gasteiger partial charge in [0.2, 0.25) is 11.8 Å². The Kier molecular flexibility index (Phi) is 4.73. The third-order valence-electron chi connectivity index (χ3n) is 3.04. The Morgan fingerprint density at radius 3 is 2.84 bits per heavy atom. The van der Waals surface area contributed by atoms with Gasteiger partial charge in [0, 0.05) is 25.5 Å². The van der Waals surface area contributed by atoms with E-state index in [0.29, 0.717) is 18.2 Å². The van der Waals surface area contributed by atoms with Crippen molar-refractivity contribution in [2.24, 2.45) is 11.7 Å². The molecule has 2 N–H and O–H groups in total. The molecule has 1 aromatic rings. The second-order valence-corrected chi connectivity index (χ2v) is 5.34. The van der Waals surface area contributed by atoms with Crippen LogP contribution in [-0.2, 0) is 9.59 Å². The number of piperidine rings is 1. The first-order valence-electron chi connectivity index (χ1n) is 6.13. The molecule has 102 valence electrons. The van der Waals surface area contributed by atoms with Gasteiger partial charge in [0.1, 0.15) is 0 Å². The number of thioether (sulfide) groups is 1. The molecule has 0 unspecified atom stereocenters. The van der Waals surface area contributed by atoms with E-state index < -0.39 is 0 Å². The van der Waals surface area contributed by atoms with Crippen LogP contribution in [0.3, 0.4) is 0 Å². The molecule has 0 radical (unpaired) electrons. The Morgan fingerprint density at radius 2 is 2.16 bits per heavy atom. The van der Waals surface area contributed by atoms with E-state index in [1.54, 1.807) is 23.4 Å². The molecule has 1 aliphatic heterocycles. The monoisotopic (exact) mass is 280 g/mol. The summed E-state index contributed by atoms with van der Waals surface area (Å²) in [5.41, 5.74) is 5.29. The van der Waals surface area contributed by atoms with E-state index in [9.17, 15) is 9.59 Å². The summed E-state index contributed by atoms with van der Waals surface area (Å²) in [6.07, 6.45) is 4.88. The van der Waals surface area contributed by atoms with E-state index in [2.05, 4.69) is 9.97 Å². The fourth-order valence-electron chi connectivity index (χ4n) is 2.01. The molecule has 2 rings (SSSR count). The lowest BCUT2D eigenvalue weighted by atomic mass is 9.97. The van der Waals surface area contributed by atoms with Crippen molar-refractivity contribution in [3.63, 3.8) is 0 Å². The highest BCUT2D eigenvalue weighted by Crippen LogP contribution is 2.18. The Morgan fingerprint density at radius 1 is 1.42 bits per heavy atom. The first-order valence-corrected chi connectivity index (χ1v) is 7.12. The summed E-state index contributed by atoms with van der Waals surface area (Å²) >= 11 is 1.30. The standard InChI is InChI=1S/C12H16N4O2S/c13-11(18)9-3-1-6-16(7-9)10(17)8-19-12-14-4-2-5-15-12/h2,4-5,9H,1,3,6-8H2,(H2,13,18)/t9-/m1/s1. The van der Waals surface area contributed by atoms with E-state index in [4.69, 9.17) is 5.73 Å². The lowest BCUT2D eigenvalue weighted by Gasteiger charge is -2.31.